The van der Waals surface area contributed by atoms with Gasteiger partial charge in [-0.25, -0.2) is 21.6 Å². The molecule has 0 unspecified atom stereocenters. The van der Waals surface area contributed by atoms with E-state index in [-0.39, 0.29) is 36.9 Å². The second kappa shape index (κ2) is 9.50. The number of hydrogen-bond donors (Lipinski definition) is 1. The Bertz CT molecular complexity index is 1120. The molecule has 11 heteroatoms. The zero-order valence-corrected chi connectivity index (χ0v) is 17.2. The van der Waals surface area contributed by atoms with Crippen LogP contribution < -0.4 is 10.1 Å². The van der Waals surface area contributed by atoms with E-state index < -0.39 is 39.1 Å². The first-order valence-electron chi connectivity index (χ1n) is 9.12. The summed E-state index contributed by atoms with van der Waals surface area (Å²) in [5.74, 6) is -5.28. The number of nitrogens with one attached hydrogen (secondary N) is 1. The summed E-state index contributed by atoms with van der Waals surface area (Å²) >= 11 is 0. The van der Waals surface area contributed by atoms with Crippen molar-refractivity contribution in [2.75, 3.05) is 38.7 Å². The molecule has 0 spiro atoms. The summed E-state index contributed by atoms with van der Waals surface area (Å²) in [4.78, 5) is 12.0. The number of sulfonamides is 1. The molecule has 0 saturated carbocycles. The highest BCUT2D eigenvalue weighted by Gasteiger charge is 2.29. The van der Waals surface area contributed by atoms with Crippen molar-refractivity contribution in [1.29, 1.82) is 0 Å². The molecule has 1 heterocycles. The highest BCUT2D eigenvalue weighted by molar-refractivity contribution is 7.89. The average Bonchev–Trinajstić information content (AvgIpc) is 2.78. The number of rotatable bonds is 6. The van der Waals surface area contributed by atoms with Crippen LogP contribution in [0.2, 0.25) is 0 Å². The van der Waals surface area contributed by atoms with Gasteiger partial charge >= 0.3 is 0 Å². The molecule has 1 aliphatic heterocycles. The molecule has 1 aliphatic rings. The molecule has 0 bridgehead atoms. The van der Waals surface area contributed by atoms with Gasteiger partial charge in [-0.3, -0.25) is 4.79 Å². The number of nitrogens with zero attached hydrogens (tertiary/aromatic N) is 1. The molecule has 166 valence electrons. The van der Waals surface area contributed by atoms with Gasteiger partial charge in [0, 0.05) is 19.2 Å². The van der Waals surface area contributed by atoms with E-state index in [2.05, 4.69) is 5.32 Å². The summed E-state index contributed by atoms with van der Waals surface area (Å²) in [5, 5.41) is 2.10. The second-order valence-electron chi connectivity index (χ2n) is 6.47. The summed E-state index contributed by atoms with van der Waals surface area (Å²) in [5.41, 5.74) is -0.174. The summed E-state index contributed by atoms with van der Waals surface area (Å²) in [6.45, 7) is 0.963. The van der Waals surface area contributed by atoms with Gasteiger partial charge in [-0.05, 0) is 35.9 Å². The molecule has 1 amide bonds. The van der Waals surface area contributed by atoms with Crippen LogP contribution in [0, 0.1) is 17.5 Å². The Balaban J connectivity index is 1.82. The van der Waals surface area contributed by atoms with Crippen LogP contribution in [0.25, 0.3) is 6.08 Å². The van der Waals surface area contributed by atoms with Crippen molar-refractivity contribution >= 4 is 27.7 Å². The molecule has 7 nitrogen and oxygen atoms in total. The molecule has 0 radical (unpaired) electrons. The van der Waals surface area contributed by atoms with Gasteiger partial charge in [-0.2, -0.15) is 4.31 Å². The van der Waals surface area contributed by atoms with Gasteiger partial charge in [0.1, 0.15) is 10.6 Å². The molecule has 0 aromatic heterocycles. The standard InChI is InChI=1S/C20H19F3N2O5S/c1-29-16-6-2-13(12-17(16)31(27,28)25-8-10-30-11-9-25)3-7-18(26)24-15-5-4-14(21)19(22)20(15)23/h2-7,12H,8-11H2,1H3,(H,24,26)/b7-3+. The molecule has 1 fully saturated rings. The number of ether oxygens (including phenoxy) is 2. The largest absolute Gasteiger partial charge is 0.495 e. The predicted molar refractivity (Wildman–Crippen MR) is 107 cm³/mol. The number of methoxy groups -OCH3 is 1. The number of halogens is 3. The van der Waals surface area contributed by atoms with Gasteiger partial charge in [0.15, 0.2) is 17.5 Å². The number of benzene rings is 2. The fourth-order valence-corrected chi connectivity index (χ4v) is 4.49. The van der Waals surface area contributed by atoms with E-state index in [0.29, 0.717) is 11.6 Å². The lowest BCUT2D eigenvalue weighted by molar-refractivity contribution is -0.111. The van der Waals surface area contributed by atoms with Gasteiger partial charge in [0.25, 0.3) is 0 Å². The monoisotopic (exact) mass is 456 g/mol. The lowest BCUT2D eigenvalue weighted by atomic mass is 10.2. The Labute approximate surface area is 177 Å². The SMILES string of the molecule is COc1ccc(/C=C/C(=O)Nc2ccc(F)c(F)c2F)cc1S(=O)(=O)N1CCOCC1. The Morgan fingerprint density at radius 2 is 1.84 bits per heavy atom. The van der Waals surface area contributed by atoms with Gasteiger partial charge in [-0.1, -0.05) is 6.07 Å². The lowest BCUT2D eigenvalue weighted by Crippen LogP contribution is -2.40. The van der Waals surface area contributed by atoms with Crippen LogP contribution in [0.3, 0.4) is 0 Å². The Kier molecular flexibility index (Phi) is 6.98. The molecule has 31 heavy (non-hydrogen) atoms. The molecular formula is C20H19F3N2O5S. The quantitative estimate of drug-likeness (QED) is 0.534. The minimum Gasteiger partial charge on any atom is -0.495 e. The van der Waals surface area contributed by atoms with E-state index in [1.54, 1.807) is 0 Å². The molecule has 2 aromatic carbocycles. The highest BCUT2D eigenvalue weighted by Crippen LogP contribution is 2.29. The number of carbonyl (C=O) groups excluding carboxylic acids is 1. The predicted octanol–water partition coefficient (Wildman–Crippen LogP) is 2.79. The van der Waals surface area contributed by atoms with Gasteiger partial charge in [0.05, 0.1) is 26.0 Å². The van der Waals surface area contributed by atoms with Crippen LogP contribution >= 0.6 is 0 Å². The first kappa shape index (κ1) is 22.8. The first-order valence-corrected chi connectivity index (χ1v) is 10.6. The third-order valence-electron chi connectivity index (χ3n) is 4.50. The summed E-state index contributed by atoms with van der Waals surface area (Å²) < 4.78 is 77.5. The van der Waals surface area contributed by atoms with E-state index in [1.807, 2.05) is 0 Å². The van der Waals surface area contributed by atoms with E-state index >= 15 is 0 Å². The van der Waals surface area contributed by atoms with Gasteiger partial charge in [-0.15, -0.1) is 0 Å². The maximum absolute atomic E-state index is 13.7. The third kappa shape index (κ3) is 5.06. The van der Waals surface area contributed by atoms with Crippen LogP contribution in [0.15, 0.2) is 41.3 Å². The Morgan fingerprint density at radius 3 is 2.52 bits per heavy atom. The number of carbonyl (C=O) groups is 1. The van der Waals surface area contributed by atoms with Crippen molar-refractivity contribution in [1.82, 2.24) is 4.31 Å². The first-order chi connectivity index (χ1) is 14.7. The number of morpholine rings is 1. The maximum Gasteiger partial charge on any atom is 0.248 e. The van der Waals surface area contributed by atoms with Gasteiger partial charge < -0.3 is 14.8 Å². The highest BCUT2D eigenvalue weighted by atomic mass is 32.2. The normalized spacial score (nSPS) is 15.2. The van der Waals surface area contributed by atoms with Crippen molar-refractivity contribution in [2.45, 2.75) is 4.90 Å². The minimum absolute atomic E-state index is 0.0777. The van der Waals surface area contributed by atoms with Crippen LogP contribution in [0.5, 0.6) is 5.75 Å². The lowest BCUT2D eigenvalue weighted by Gasteiger charge is -2.26. The fraction of sp³-hybridized carbons (Fsp3) is 0.250. The molecule has 3 rings (SSSR count). The molecular weight excluding hydrogens is 437 g/mol. The van der Waals surface area contributed by atoms with Crippen molar-refractivity contribution in [3.8, 4) is 5.75 Å². The molecule has 2 aromatic rings. The molecule has 1 N–H and O–H groups in total. The van der Waals surface area contributed by atoms with Crippen molar-refractivity contribution in [3.05, 3.63) is 59.4 Å². The number of anilines is 1. The summed E-state index contributed by atoms with van der Waals surface area (Å²) in [6.07, 6.45) is 2.30. The smallest absolute Gasteiger partial charge is 0.248 e. The summed E-state index contributed by atoms with van der Waals surface area (Å²) in [7, 11) is -2.52. The minimum atomic E-state index is -3.86. The third-order valence-corrected chi connectivity index (χ3v) is 6.42. The van der Waals surface area contributed by atoms with E-state index in [0.717, 1.165) is 12.1 Å². The fourth-order valence-electron chi connectivity index (χ4n) is 2.89. The Hall–Kier alpha value is -2.89. The van der Waals surface area contributed by atoms with E-state index in [4.69, 9.17) is 9.47 Å². The Morgan fingerprint density at radius 1 is 1.13 bits per heavy atom. The van der Waals surface area contributed by atoms with E-state index in [9.17, 15) is 26.4 Å². The number of amides is 1. The van der Waals surface area contributed by atoms with Crippen molar-refractivity contribution in [2.24, 2.45) is 0 Å². The molecule has 0 atom stereocenters. The van der Waals surface area contributed by atoms with Crippen LogP contribution in [-0.4, -0.2) is 52.0 Å². The van der Waals surface area contributed by atoms with Gasteiger partial charge in [0.2, 0.25) is 15.9 Å². The zero-order valence-electron chi connectivity index (χ0n) is 16.4. The number of hydrogen-bond acceptors (Lipinski definition) is 5. The average molecular weight is 456 g/mol. The zero-order chi connectivity index (χ0) is 22.6. The van der Waals surface area contributed by atoms with Crippen LogP contribution in [0.4, 0.5) is 18.9 Å². The van der Waals surface area contributed by atoms with E-state index in [1.165, 1.54) is 35.7 Å². The van der Waals surface area contributed by atoms with Crippen molar-refractivity contribution < 1.29 is 35.9 Å². The molecule has 0 aliphatic carbocycles. The van der Waals surface area contributed by atoms with Crippen molar-refractivity contribution in [3.63, 3.8) is 0 Å². The maximum atomic E-state index is 13.7. The van der Waals surface area contributed by atoms with Crippen LogP contribution in [0.1, 0.15) is 5.56 Å². The summed E-state index contributed by atoms with van der Waals surface area (Å²) in [6, 6.07) is 5.88. The topological polar surface area (TPSA) is 84.9 Å². The molecule has 1 saturated heterocycles. The van der Waals surface area contributed by atoms with Crippen LogP contribution in [-0.2, 0) is 19.6 Å². The second-order valence-corrected chi connectivity index (χ2v) is 8.38.